The van der Waals surface area contributed by atoms with Crippen LogP contribution in [0.2, 0.25) is 0 Å². The summed E-state index contributed by atoms with van der Waals surface area (Å²) in [6.07, 6.45) is 2.54. The molecule has 0 aliphatic carbocycles. The predicted octanol–water partition coefficient (Wildman–Crippen LogP) is 3.80. The fourth-order valence-electron chi connectivity index (χ4n) is 2.39. The van der Waals surface area contributed by atoms with Crippen molar-refractivity contribution in [2.45, 2.75) is 37.1 Å². The molecule has 0 spiro atoms. The Kier molecular flexibility index (Phi) is 6.05. The van der Waals surface area contributed by atoms with E-state index in [1.54, 1.807) is 0 Å². The maximum atomic E-state index is 12.6. The van der Waals surface area contributed by atoms with E-state index in [1.807, 2.05) is 37.3 Å². The summed E-state index contributed by atoms with van der Waals surface area (Å²) in [4.78, 5) is 10.1. The first-order valence-electron chi connectivity index (χ1n) is 7.76. The molecule has 0 bridgehead atoms. The van der Waals surface area contributed by atoms with Crippen molar-refractivity contribution in [2.75, 3.05) is 0 Å². The molecule has 0 aromatic heterocycles. The largest absolute Gasteiger partial charge is 0.269 e. The number of hydrogen-bond acceptors (Lipinski definition) is 4. The van der Waals surface area contributed by atoms with E-state index in [9.17, 15) is 18.5 Å². The highest BCUT2D eigenvalue weighted by Gasteiger charge is 2.21. The van der Waals surface area contributed by atoms with Gasteiger partial charge < -0.3 is 0 Å². The molecule has 0 aliphatic rings. The lowest BCUT2D eigenvalue weighted by Crippen LogP contribution is -2.28. The fourth-order valence-corrected chi connectivity index (χ4v) is 3.65. The molecule has 1 N–H and O–H groups in total. The number of benzene rings is 2. The Hall–Kier alpha value is -2.25. The van der Waals surface area contributed by atoms with Gasteiger partial charge in [0.25, 0.3) is 5.69 Å². The van der Waals surface area contributed by atoms with Crippen LogP contribution in [0, 0.1) is 10.1 Å². The molecular formula is C17H20N2O4S. The van der Waals surface area contributed by atoms with Gasteiger partial charge in [-0.25, -0.2) is 13.1 Å². The SMILES string of the molecule is CCCC[C@H](NS(=O)(=O)c1ccc([N+](=O)[O-])cc1)c1ccccc1. The maximum Gasteiger partial charge on any atom is 0.269 e. The van der Waals surface area contributed by atoms with Gasteiger partial charge in [-0.05, 0) is 24.1 Å². The van der Waals surface area contributed by atoms with Crippen molar-refractivity contribution in [2.24, 2.45) is 0 Å². The third kappa shape index (κ3) is 4.62. The fraction of sp³-hybridized carbons (Fsp3) is 0.294. The highest BCUT2D eigenvalue weighted by atomic mass is 32.2. The first-order valence-corrected chi connectivity index (χ1v) is 9.24. The zero-order chi connectivity index (χ0) is 17.6. The Bertz CT molecular complexity index is 774. The molecule has 2 aromatic carbocycles. The molecule has 24 heavy (non-hydrogen) atoms. The number of nitrogens with one attached hydrogen (secondary N) is 1. The van der Waals surface area contributed by atoms with Crippen LogP contribution in [0.25, 0.3) is 0 Å². The van der Waals surface area contributed by atoms with Gasteiger partial charge in [0.2, 0.25) is 10.0 Å². The van der Waals surface area contributed by atoms with Crippen molar-refractivity contribution in [1.82, 2.24) is 4.72 Å². The molecule has 0 aliphatic heterocycles. The molecule has 0 amide bonds. The Morgan fingerprint density at radius 2 is 1.71 bits per heavy atom. The third-order valence-corrected chi connectivity index (χ3v) is 5.19. The van der Waals surface area contributed by atoms with Gasteiger partial charge in [0.1, 0.15) is 0 Å². The molecule has 0 saturated carbocycles. The van der Waals surface area contributed by atoms with Gasteiger partial charge in [-0.15, -0.1) is 0 Å². The zero-order valence-electron chi connectivity index (χ0n) is 13.4. The second-order valence-corrected chi connectivity index (χ2v) is 7.19. The second kappa shape index (κ2) is 8.03. The molecule has 2 rings (SSSR count). The highest BCUT2D eigenvalue weighted by molar-refractivity contribution is 7.89. The van der Waals surface area contributed by atoms with Crippen LogP contribution in [0.15, 0.2) is 59.5 Å². The Morgan fingerprint density at radius 1 is 1.08 bits per heavy atom. The first-order chi connectivity index (χ1) is 11.4. The van der Waals surface area contributed by atoms with Crippen LogP contribution in [0.5, 0.6) is 0 Å². The van der Waals surface area contributed by atoms with Gasteiger partial charge >= 0.3 is 0 Å². The molecule has 6 nitrogen and oxygen atoms in total. The number of nitro benzene ring substituents is 1. The lowest BCUT2D eigenvalue weighted by molar-refractivity contribution is -0.384. The van der Waals surface area contributed by atoms with E-state index >= 15 is 0 Å². The lowest BCUT2D eigenvalue weighted by atomic mass is 10.0. The Morgan fingerprint density at radius 3 is 2.25 bits per heavy atom. The molecule has 0 heterocycles. The second-order valence-electron chi connectivity index (χ2n) is 5.48. The summed E-state index contributed by atoms with van der Waals surface area (Å²) >= 11 is 0. The molecule has 128 valence electrons. The number of sulfonamides is 1. The molecule has 7 heteroatoms. The minimum Gasteiger partial charge on any atom is -0.258 e. The molecule has 0 radical (unpaired) electrons. The van der Waals surface area contributed by atoms with Gasteiger partial charge in [0.05, 0.1) is 9.82 Å². The van der Waals surface area contributed by atoms with E-state index in [2.05, 4.69) is 4.72 Å². The number of hydrogen-bond donors (Lipinski definition) is 1. The van der Waals surface area contributed by atoms with Crippen LogP contribution >= 0.6 is 0 Å². The highest BCUT2D eigenvalue weighted by Crippen LogP contribution is 2.23. The molecule has 0 unspecified atom stereocenters. The summed E-state index contributed by atoms with van der Waals surface area (Å²) in [5.41, 5.74) is 0.760. The van der Waals surface area contributed by atoms with Crippen LogP contribution in [0.4, 0.5) is 5.69 Å². The van der Waals surface area contributed by atoms with Crippen LogP contribution in [-0.2, 0) is 10.0 Å². The summed E-state index contributed by atoms with van der Waals surface area (Å²) in [6.45, 7) is 2.05. The quantitative estimate of drug-likeness (QED) is 0.580. The third-order valence-electron chi connectivity index (χ3n) is 3.70. The van der Waals surface area contributed by atoms with Crippen LogP contribution in [-0.4, -0.2) is 13.3 Å². The average molecular weight is 348 g/mol. The summed E-state index contributed by atoms with van der Waals surface area (Å²) in [5, 5.41) is 10.7. The van der Waals surface area contributed by atoms with Gasteiger partial charge in [0, 0.05) is 18.2 Å². The number of non-ortho nitro benzene ring substituents is 1. The molecule has 2 aromatic rings. The summed E-state index contributed by atoms with van der Waals surface area (Å²) < 4.78 is 27.9. The number of nitro groups is 1. The first kappa shape index (κ1) is 18.1. The van der Waals surface area contributed by atoms with E-state index in [4.69, 9.17) is 0 Å². The van der Waals surface area contributed by atoms with Crippen molar-refractivity contribution in [3.05, 3.63) is 70.3 Å². The van der Waals surface area contributed by atoms with Gasteiger partial charge in [-0.2, -0.15) is 0 Å². The Labute approximate surface area is 141 Å². The molecule has 0 fully saturated rings. The van der Waals surface area contributed by atoms with Crippen molar-refractivity contribution in [1.29, 1.82) is 0 Å². The molecule has 0 saturated heterocycles. The molecular weight excluding hydrogens is 328 g/mol. The zero-order valence-corrected chi connectivity index (χ0v) is 14.2. The monoisotopic (exact) mass is 348 g/mol. The predicted molar refractivity (Wildman–Crippen MR) is 92.1 cm³/mol. The minimum absolute atomic E-state index is 0.0190. The topological polar surface area (TPSA) is 89.3 Å². The smallest absolute Gasteiger partial charge is 0.258 e. The minimum atomic E-state index is -3.75. The Balaban J connectivity index is 2.24. The van der Waals surface area contributed by atoms with Crippen molar-refractivity contribution >= 4 is 15.7 Å². The lowest BCUT2D eigenvalue weighted by Gasteiger charge is -2.19. The van der Waals surface area contributed by atoms with Gasteiger partial charge in [-0.1, -0.05) is 50.1 Å². The van der Waals surface area contributed by atoms with E-state index in [0.29, 0.717) is 6.42 Å². The van der Waals surface area contributed by atoms with Crippen LogP contribution in [0.3, 0.4) is 0 Å². The van der Waals surface area contributed by atoms with E-state index in [1.165, 1.54) is 24.3 Å². The van der Waals surface area contributed by atoms with Crippen molar-refractivity contribution in [3.63, 3.8) is 0 Å². The normalized spacial score (nSPS) is 12.7. The summed E-state index contributed by atoms with van der Waals surface area (Å²) in [5.74, 6) is 0. The van der Waals surface area contributed by atoms with Crippen molar-refractivity contribution < 1.29 is 13.3 Å². The van der Waals surface area contributed by atoms with E-state index in [0.717, 1.165) is 18.4 Å². The number of rotatable bonds is 8. The summed E-state index contributed by atoms with van der Waals surface area (Å²) in [6, 6.07) is 14.0. The number of nitrogens with zero attached hydrogens (tertiary/aromatic N) is 1. The summed E-state index contributed by atoms with van der Waals surface area (Å²) in [7, 11) is -3.75. The standard InChI is InChI=1S/C17H20N2O4S/c1-2-3-9-17(14-7-5-4-6-8-14)18-24(22,23)16-12-10-15(11-13-16)19(20)21/h4-8,10-13,17-18H,2-3,9H2,1H3/t17-/m0/s1. The number of unbranched alkanes of at least 4 members (excludes halogenated alkanes) is 1. The maximum absolute atomic E-state index is 12.6. The van der Waals surface area contributed by atoms with E-state index in [-0.39, 0.29) is 16.6 Å². The van der Waals surface area contributed by atoms with Crippen LogP contribution in [0.1, 0.15) is 37.8 Å². The molecule has 1 atom stereocenters. The average Bonchev–Trinajstić information content (AvgIpc) is 2.59. The van der Waals surface area contributed by atoms with E-state index < -0.39 is 14.9 Å². The van der Waals surface area contributed by atoms with Gasteiger partial charge in [0.15, 0.2) is 0 Å². The van der Waals surface area contributed by atoms with Crippen molar-refractivity contribution in [3.8, 4) is 0 Å². The van der Waals surface area contributed by atoms with Crippen LogP contribution < -0.4 is 4.72 Å². The van der Waals surface area contributed by atoms with Gasteiger partial charge in [-0.3, -0.25) is 10.1 Å².